The van der Waals surface area contributed by atoms with E-state index in [9.17, 15) is 19.5 Å². The highest BCUT2D eigenvalue weighted by Gasteiger charge is 2.40. The summed E-state index contributed by atoms with van der Waals surface area (Å²) in [4.78, 5) is 36.0. The fourth-order valence-corrected chi connectivity index (χ4v) is 3.47. The van der Waals surface area contributed by atoms with Crippen LogP contribution in [-0.2, 0) is 4.79 Å². The molecule has 0 saturated heterocycles. The molecule has 1 heterocycles. The normalized spacial score (nSPS) is 15.9. The molecule has 4 N–H and O–H groups in total. The van der Waals surface area contributed by atoms with Crippen molar-refractivity contribution in [3.05, 3.63) is 47.8 Å². The Morgan fingerprint density at radius 2 is 1.81 bits per heavy atom. The number of aromatic nitrogens is 2. The average Bonchev–Trinajstić information content (AvgIpc) is 3.13. The van der Waals surface area contributed by atoms with Crippen molar-refractivity contribution in [3.63, 3.8) is 0 Å². The Morgan fingerprint density at radius 3 is 2.41 bits per heavy atom. The van der Waals surface area contributed by atoms with E-state index in [0.29, 0.717) is 18.5 Å². The predicted molar refractivity (Wildman–Crippen MR) is 97.6 cm³/mol. The van der Waals surface area contributed by atoms with E-state index < -0.39 is 23.2 Å². The second-order valence-electron chi connectivity index (χ2n) is 6.86. The lowest BCUT2D eigenvalue weighted by molar-refractivity contribution is -0.150. The van der Waals surface area contributed by atoms with Gasteiger partial charge in [-0.1, -0.05) is 37.5 Å². The van der Waals surface area contributed by atoms with Crippen molar-refractivity contribution in [2.24, 2.45) is 11.1 Å². The van der Waals surface area contributed by atoms with Crippen molar-refractivity contribution in [3.8, 4) is 5.69 Å². The van der Waals surface area contributed by atoms with Crippen LogP contribution in [0.2, 0.25) is 0 Å². The molecular formula is C19H22N4O4. The highest BCUT2D eigenvalue weighted by atomic mass is 16.4. The summed E-state index contributed by atoms with van der Waals surface area (Å²) in [5.74, 6) is -2.13. The Hall–Kier alpha value is -3.16. The van der Waals surface area contributed by atoms with Crippen LogP contribution in [0.5, 0.6) is 0 Å². The summed E-state index contributed by atoms with van der Waals surface area (Å²) in [5, 5.41) is 16.5. The van der Waals surface area contributed by atoms with Crippen molar-refractivity contribution >= 4 is 17.8 Å². The van der Waals surface area contributed by atoms with Crippen molar-refractivity contribution in [2.45, 2.75) is 32.1 Å². The second kappa shape index (κ2) is 7.61. The molecule has 27 heavy (non-hydrogen) atoms. The van der Waals surface area contributed by atoms with Gasteiger partial charge < -0.3 is 16.2 Å². The lowest BCUT2D eigenvalue weighted by Crippen LogP contribution is -2.44. The number of benzene rings is 1. The highest BCUT2D eigenvalue weighted by molar-refractivity contribution is 5.97. The molecule has 0 radical (unpaired) electrons. The summed E-state index contributed by atoms with van der Waals surface area (Å²) in [6.07, 6.45) is 3.74. The molecule has 0 atom stereocenters. The molecule has 8 nitrogen and oxygen atoms in total. The Kier molecular flexibility index (Phi) is 5.25. The molecule has 1 aromatic carbocycles. The van der Waals surface area contributed by atoms with Gasteiger partial charge in [-0.05, 0) is 25.0 Å². The lowest BCUT2D eigenvalue weighted by atomic mass is 9.74. The number of carbonyl (C=O) groups is 3. The molecule has 1 aliphatic rings. The molecule has 8 heteroatoms. The number of rotatable bonds is 6. The van der Waals surface area contributed by atoms with E-state index in [0.717, 1.165) is 19.3 Å². The summed E-state index contributed by atoms with van der Waals surface area (Å²) in [6, 6.07) is 10.2. The summed E-state index contributed by atoms with van der Waals surface area (Å²) >= 11 is 0. The van der Waals surface area contributed by atoms with Crippen molar-refractivity contribution in [1.29, 1.82) is 0 Å². The van der Waals surface area contributed by atoms with Gasteiger partial charge in [-0.3, -0.25) is 14.4 Å². The summed E-state index contributed by atoms with van der Waals surface area (Å²) in [5.41, 5.74) is 5.16. The summed E-state index contributed by atoms with van der Waals surface area (Å²) < 4.78 is 1.31. The fourth-order valence-electron chi connectivity index (χ4n) is 3.47. The number of carbonyl (C=O) groups excluding carboxylic acids is 2. The van der Waals surface area contributed by atoms with E-state index in [-0.39, 0.29) is 17.9 Å². The number of aliphatic carboxylic acids is 1. The highest BCUT2D eigenvalue weighted by Crippen LogP contribution is 2.36. The zero-order valence-electron chi connectivity index (χ0n) is 14.9. The maximum Gasteiger partial charge on any atom is 0.311 e. The van der Waals surface area contributed by atoms with Crippen LogP contribution in [0.4, 0.5) is 0 Å². The number of nitrogens with zero attached hydrogens (tertiary/aromatic N) is 2. The molecule has 1 aliphatic carbocycles. The van der Waals surface area contributed by atoms with Gasteiger partial charge in [0.2, 0.25) is 0 Å². The molecular weight excluding hydrogens is 348 g/mol. The van der Waals surface area contributed by atoms with Gasteiger partial charge in [0, 0.05) is 12.6 Å². The van der Waals surface area contributed by atoms with Crippen LogP contribution < -0.4 is 11.1 Å². The number of para-hydroxylation sites is 1. The van der Waals surface area contributed by atoms with Gasteiger partial charge in [-0.2, -0.15) is 5.10 Å². The molecule has 0 bridgehead atoms. The van der Waals surface area contributed by atoms with Crippen LogP contribution in [0.3, 0.4) is 0 Å². The Bertz CT molecular complexity index is 854. The first-order chi connectivity index (χ1) is 12.9. The molecule has 0 unspecified atom stereocenters. The monoisotopic (exact) mass is 370 g/mol. The Balaban J connectivity index is 1.81. The maximum absolute atomic E-state index is 12.5. The molecule has 2 aromatic rings. The smallest absolute Gasteiger partial charge is 0.311 e. The average molecular weight is 370 g/mol. The van der Waals surface area contributed by atoms with E-state index in [1.165, 1.54) is 10.7 Å². The fraction of sp³-hybridized carbons (Fsp3) is 0.368. The van der Waals surface area contributed by atoms with Crippen molar-refractivity contribution in [2.75, 3.05) is 6.54 Å². The van der Waals surface area contributed by atoms with Crippen LogP contribution in [0.15, 0.2) is 36.4 Å². The quantitative estimate of drug-likeness (QED) is 0.714. The number of carboxylic acids is 1. The zero-order chi connectivity index (χ0) is 19.4. The first-order valence-electron chi connectivity index (χ1n) is 8.90. The van der Waals surface area contributed by atoms with Gasteiger partial charge >= 0.3 is 5.97 Å². The number of hydrogen-bond acceptors (Lipinski definition) is 4. The molecule has 1 aromatic heterocycles. The van der Waals surface area contributed by atoms with Gasteiger partial charge in [-0.15, -0.1) is 0 Å². The number of carboxylic acid groups (broad SMARTS) is 1. The van der Waals surface area contributed by atoms with Gasteiger partial charge in [-0.25, -0.2) is 4.68 Å². The zero-order valence-corrected chi connectivity index (χ0v) is 14.9. The number of hydrogen-bond donors (Lipinski definition) is 3. The molecule has 0 aliphatic heterocycles. The molecule has 0 spiro atoms. The number of primary amides is 1. The lowest BCUT2D eigenvalue weighted by Gasteiger charge is -2.33. The molecule has 3 rings (SSSR count). The third-order valence-electron chi connectivity index (χ3n) is 5.05. The van der Waals surface area contributed by atoms with E-state index in [1.807, 2.05) is 6.07 Å². The molecule has 1 fully saturated rings. The third-order valence-corrected chi connectivity index (χ3v) is 5.05. The second-order valence-corrected chi connectivity index (χ2v) is 6.86. The molecule has 2 amide bonds. The van der Waals surface area contributed by atoms with E-state index in [1.54, 1.807) is 24.3 Å². The van der Waals surface area contributed by atoms with Gasteiger partial charge in [0.1, 0.15) is 5.69 Å². The minimum absolute atomic E-state index is 0.0176. The van der Waals surface area contributed by atoms with Crippen LogP contribution in [0.1, 0.15) is 53.1 Å². The van der Waals surface area contributed by atoms with E-state index >= 15 is 0 Å². The van der Waals surface area contributed by atoms with Gasteiger partial charge in [0.25, 0.3) is 11.8 Å². The number of nitrogens with two attached hydrogens (primary N) is 1. The van der Waals surface area contributed by atoms with Gasteiger partial charge in [0.05, 0.1) is 11.1 Å². The topological polar surface area (TPSA) is 127 Å². The molecule has 142 valence electrons. The van der Waals surface area contributed by atoms with Crippen LogP contribution in [0.25, 0.3) is 5.69 Å². The maximum atomic E-state index is 12.5. The van der Waals surface area contributed by atoms with E-state index in [4.69, 9.17) is 5.73 Å². The minimum atomic E-state index is -0.942. The van der Waals surface area contributed by atoms with Crippen LogP contribution >= 0.6 is 0 Å². The first-order valence-corrected chi connectivity index (χ1v) is 8.90. The van der Waals surface area contributed by atoms with E-state index in [2.05, 4.69) is 10.4 Å². The van der Waals surface area contributed by atoms with Crippen LogP contribution in [0, 0.1) is 5.41 Å². The number of nitrogens with one attached hydrogen (secondary N) is 1. The van der Waals surface area contributed by atoms with Crippen molar-refractivity contribution in [1.82, 2.24) is 15.1 Å². The first kappa shape index (κ1) is 18.6. The standard InChI is InChI=1S/C19H22N4O4/c20-16(24)15-11-14(22-23(15)13-7-3-1-4-8-13)17(25)21-12-19(18(26)27)9-5-2-6-10-19/h1,3-4,7-8,11H,2,5-6,9-10,12H2,(H2,20,24)(H,21,25)(H,26,27). The third kappa shape index (κ3) is 3.84. The Labute approximate surface area is 156 Å². The molecule has 1 saturated carbocycles. The van der Waals surface area contributed by atoms with Crippen LogP contribution in [-0.4, -0.2) is 39.2 Å². The predicted octanol–water partition coefficient (Wildman–Crippen LogP) is 1.74. The summed E-state index contributed by atoms with van der Waals surface area (Å²) in [7, 11) is 0. The van der Waals surface area contributed by atoms with Gasteiger partial charge in [0.15, 0.2) is 5.69 Å². The Morgan fingerprint density at radius 1 is 1.15 bits per heavy atom. The summed E-state index contributed by atoms with van der Waals surface area (Å²) in [6.45, 7) is 0.0330. The van der Waals surface area contributed by atoms with Crippen molar-refractivity contribution < 1.29 is 19.5 Å². The SMILES string of the molecule is NC(=O)c1cc(C(=O)NCC2(C(=O)O)CCCCC2)nn1-c1ccccc1. The minimum Gasteiger partial charge on any atom is -0.481 e. The number of amides is 2. The largest absolute Gasteiger partial charge is 0.481 e.